The summed E-state index contributed by atoms with van der Waals surface area (Å²) < 4.78 is 1.61. The summed E-state index contributed by atoms with van der Waals surface area (Å²) >= 11 is 0. The molecule has 1 amide bonds. The van der Waals surface area contributed by atoms with Crippen molar-refractivity contribution in [2.75, 3.05) is 5.32 Å². The monoisotopic (exact) mass is 372 g/mol. The van der Waals surface area contributed by atoms with Crippen molar-refractivity contribution in [3.63, 3.8) is 0 Å². The fraction of sp³-hybridized carbons (Fsp3) is 0.190. The molecule has 0 aliphatic heterocycles. The van der Waals surface area contributed by atoms with Crippen molar-refractivity contribution < 1.29 is 4.79 Å². The second-order valence-electron chi connectivity index (χ2n) is 6.31. The van der Waals surface area contributed by atoms with Gasteiger partial charge in [0.2, 0.25) is 0 Å². The van der Waals surface area contributed by atoms with Gasteiger partial charge in [0, 0.05) is 24.2 Å². The minimum Gasteiger partial charge on any atom is -0.319 e. The summed E-state index contributed by atoms with van der Waals surface area (Å²) in [5.74, 6) is 0.324. The number of fused-ring (bicyclic) bond motifs is 1. The van der Waals surface area contributed by atoms with Crippen LogP contribution in [0, 0.1) is 0 Å². The number of hydrogen-bond acceptors (Lipinski definition) is 5. The van der Waals surface area contributed by atoms with Crippen LogP contribution in [0.15, 0.2) is 55.0 Å². The van der Waals surface area contributed by atoms with Gasteiger partial charge in [-0.05, 0) is 49.2 Å². The highest BCUT2D eigenvalue weighted by molar-refractivity contribution is 6.06. The molecule has 0 spiro atoms. The normalized spacial score (nSPS) is 10.9. The van der Waals surface area contributed by atoms with Gasteiger partial charge < -0.3 is 5.32 Å². The molecule has 4 rings (SSSR count). The average molecular weight is 372 g/mol. The number of pyridine rings is 1. The van der Waals surface area contributed by atoms with Crippen molar-refractivity contribution in [2.45, 2.75) is 26.7 Å². The second-order valence-corrected chi connectivity index (χ2v) is 6.31. The Kier molecular flexibility index (Phi) is 4.80. The molecule has 0 saturated heterocycles. The molecule has 28 heavy (non-hydrogen) atoms. The lowest BCUT2D eigenvalue weighted by Gasteiger charge is -2.11. The van der Waals surface area contributed by atoms with Crippen LogP contribution in [0.25, 0.3) is 16.9 Å². The van der Waals surface area contributed by atoms with E-state index < -0.39 is 0 Å². The topological polar surface area (TPSA) is 85.6 Å². The van der Waals surface area contributed by atoms with E-state index in [4.69, 9.17) is 4.98 Å². The third-order valence-electron chi connectivity index (χ3n) is 4.51. The van der Waals surface area contributed by atoms with Crippen molar-refractivity contribution in [1.82, 2.24) is 24.7 Å². The fourth-order valence-electron chi connectivity index (χ4n) is 3.10. The van der Waals surface area contributed by atoms with Crippen molar-refractivity contribution in [2.24, 2.45) is 0 Å². The predicted molar refractivity (Wildman–Crippen MR) is 108 cm³/mol. The number of carbonyl (C=O) groups is 1. The summed E-state index contributed by atoms with van der Waals surface area (Å²) in [6.07, 6.45) is 6.76. The Morgan fingerprint density at radius 2 is 1.79 bits per heavy atom. The first-order valence-electron chi connectivity index (χ1n) is 9.25. The van der Waals surface area contributed by atoms with Gasteiger partial charge in [0.1, 0.15) is 0 Å². The molecule has 0 unspecified atom stereocenters. The molecule has 0 saturated carbocycles. The van der Waals surface area contributed by atoms with Crippen LogP contribution in [0.5, 0.6) is 0 Å². The third kappa shape index (κ3) is 3.34. The van der Waals surface area contributed by atoms with Crippen LogP contribution in [0.3, 0.4) is 0 Å². The number of nitrogens with one attached hydrogen (secondary N) is 1. The Morgan fingerprint density at radius 1 is 1.00 bits per heavy atom. The molecule has 0 aliphatic carbocycles. The first-order chi connectivity index (χ1) is 13.7. The van der Waals surface area contributed by atoms with Crippen molar-refractivity contribution in [1.29, 1.82) is 0 Å². The van der Waals surface area contributed by atoms with E-state index in [1.165, 1.54) is 0 Å². The minimum atomic E-state index is -0.234. The third-order valence-corrected chi connectivity index (χ3v) is 4.51. The Hall–Kier alpha value is -3.61. The highest BCUT2D eigenvalue weighted by Crippen LogP contribution is 2.20. The molecule has 1 aromatic carbocycles. The maximum atomic E-state index is 12.8. The molecule has 140 valence electrons. The number of benzene rings is 1. The smallest absolute Gasteiger partial charge is 0.255 e. The van der Waals surface area contributed by atoms with Crippen molar-refractivity contribution >= 4 is 22.6 Å². The zero-order valence-electron chi connectivity index (χ0n) is 15.8. The summed E-state index contributed by atoms with van der Waals surface area (Å²) in [6, 6.07) is 10.8. The van der Waals surface area contributed by atoms with Crippen LogP contribution in [-0.2, 0) is 12.8 Å². The maximum Gasteiger partial charge on any atom is 0.255 e. The summed E-state index contributed by atoms with van der Waals surface area (Å²) in [5.41, 5.74) is 4.60. The largest absolute Gasteiger partial charge is 0.319 e. The van der Waals surface area contributed by atoms with Gasteiger partial charge in [0.25, 0.3) is 5.91 Å². The van der Waals surface area contributed by atoms with Gasteiger partial charge in [-0.2, -0.15) is 5.10 Å². The van der Waals surface area contributed by atoms with Crippen molar-refractivity contribution in [3.05, 3.63) is 71.9 Å². The molecule has 0 fully saturated rings. The summed E-state index contributed by atoms with van der Waals surface area (Å²) in [7, 11) is 0. The zero-order chi connectivity index (χ0) is 19.5. The number of amides is 1. The number of nitrogens with zero attached hydrogens (tertiary/aromatic N) is 5. The number of aryl methyl sites for hydroxylation is 2. The number of aromatic nitrogens is 5. The molecular formula is C21H20N6O. The molecular weight excluding hydrogens is 352 g/mol. The number of rotatable bonds is 5. The van der Waals surface area contributed by atoms with Crippen LogP contribution in [-0.4, -0.2) is 30.6 Å². The van der Waals surface area contributed by atoms with Crippen molar-refractivity contribution in [3.8, 4) is 5.82 Å². The highest BCUT2D eigenvalue weighted by atomic mass is 16.1. The molecule has 4 aromatic rings. The Morgan fingerprint density at radius 3 is 2.50 bits per heavy atom. The predicted octanol–water partition coefficient (Wildman–Crippen LogP) is 3.59. The zero-order valence-corrected chi connectivity index (χ0v) is 15.8. The summed E-state index contributed by atoms with van der Waals surface area (Å²) in [4.78, 5) is 26.5. The molecule has 7 heteroatoms. The molecule has 3 heterocycles. The van der Waals surface area contributed by atoms with Gasteiger partial charge >= 0.3 is 0 Å². The Bertz CT molecular complexity index is 1140. The molecule has 3 aromatic heterocycles. The van der Waals surface area contributed by atoms with Crippen LogP contribution < -0.4 is 5.32 Å². The molecule has 7 nitrogen and oxygen atoms in total. The number of carbonyl (C=O) groups excluding carboxylic acids is 1. The van der Waals surface area contributed by atoms with Gasteiger partial charge in [-0.25, -0.2) is 19.6 Å². The SMILES string of the molecule is CCc1nc2ccc(C(=O)Nc3cccnc3-n3cccn3)cc2nc1CC. The second kappa shape index (κ2) is 7.56. The van der Waals surface area contributed by atoms with E-state index in [-0.39, 0.29) is 5.91 Å². The maximum absolute atomic E-state index is 12.8. The van der Waals surface area contributed by atoms with E-state index in [1.807, 2.05) is 6.07 Å². The van der Waals surface area contributed by atoms with Gasteiger partial charge in [0.05, 0.1) is 28.1 Å². The van der Waals surface area contributed by atoms with Gasteiger partial charge in [-0.3, -0.25) is 4.79 Å². The molecule has 1 N–H and O–H groups in total. The van der Waals surface area contributed by atoms with Crippen LogP contribution in [0.4, 0.5) is 5.69 Å². The summed E-state index contributed by atoms with van der Waals surface area (Å²) in [5, 5.41) is 7.11. The van der Waals surface area contributed by atoms with E-state index in [0.29, 0.717) is 17.1 Å². The lowest BCUT2D eigenvalue weighted by Crippen LogP contribution is -2.15. The van der Waals surface area contributed by atoms with E-state index >= 15 is 0 Å². The van der Waals surface area contributed by atoms with Gasteiger partial charge in [0.15, 0.2) is 5.82 Å². The van der Waals surface area contributed by atoms with Crippen LogP contribution in [0.1, 0.15) is 35.6 Å². The molecule has 0 bridgehead atoms. The Labute approximate surface area is 162 Å². The first kappa shape index (κ1) is 17.8. The first-order valence-corrected chi connectivity index (χ1v) is 9.25. The lowest BCUT2D eigenvalue weighted by atomic mass is 10.1. The van der Waals surface area contributed by atoms with E-state index in [9.17, 15) is 4.79 Å². The van der Waals surface area contributed by atoms with Gasteiger partial charge in [-0.1, -0.05) is 13.8 Å². The van der Waals surface area contributed by atoms with Crippen LogP contribution >= 0.6 is 0 Å². The van der Waals surface area contributed by atoms with E-state index in [0.717, 1.165) is 35.3 Å². The van der Waals surface area contributed by atoms with E-state index in [2.05, 4.69) is 34.2 Å². The number of hydrogen-bond donors (Lipinski definition) is 1. The highest BCUT2D eigenvalue weighted by Gasteiger charge is 2.13. The fourth-order valence-corrected chi connectivity index (χ4v) is 3.10. The average Bonchev–Trinajstić information content (AvgIpc) is 3.27. The van der Waals surface area contributed by atoms with Gasteiger partial charge in [-0.15, -0.1) is 0 Å². The quantitative estimate of drug-likeness (QED) is 0.579. The van der Waals surface area contributed by atoms with Crippen LogP contribution in [0.2, 0.25) is 0 Å². The summed E-state index contributed by atoms with van der Waals surface area (Å²) in [6.45, 7) is 4.13. The lowest BCUT2D eigenvalue weighted by molar-refractivity contribution is 0.102. The molecule has 0 radical (unpaired) electrons. The van der Waals surface area contributed by atoms with E-state index in [1.54, 1.807) is 53.6 Å². The standard InChI is InChI=1S/C21H20N6O/c1-3-15-16(4-2)25-19-13-14(8-9-17(19)24-15)21(28)26-18-7-5-10-22-20(18)27-12-6-11-23-27/h5-13H,3-4H2,1-2H3,(H,26,28). The Balaban J connectivity index is 1.67. The molecule has 0 atom stereocenters. The number of anilines is 1. The minimum absolute atomic E-state index is 0.234. The molecule has 0 aliphatic rings.